The van der Waals surface area contributed by atoms with Crippen LogP contribution in [-0.4, -0.2) is 31.9 Å². The van der Waals surface area contributed by atoms with Crippen LogP contribution in [0.4, 0.5) is 5.13 Å². The van der Waals surface area contributed by atoms with E-state index in [1.807, 2.05) is 6.20 Å². The van der Waals surface area contributed by atoms with Gasteiger partial charge in [-0.1, -0.05) is 0 Å². The maximum absolute atomic E-state index is 10.7. The van der Waals surface area contributed by atoms with Crippen LogP contribution in [0.15, 0.2) is 23.1 Å². The molecule has 2 aromatic rings. The smallest absolute Gasteiger partial charge is 0.325 e. The number of carboxylic acids is 1. The van der Waals surface area contributed by atoms with Crippen molar-refractivity contribution >= 4 is 38.4 Å². The summed E-state index contributed by atoms with van der Waals surface area (Å²) in [5.41, 5.74) is 0. The molecule has 18 heavy (non-hydrogen) atoms. The molecule has 8 heteroatoms. The number of aromatic nitrogens is 3. The first kappa shape index (κ1) is 13.0. The van der Waals surface area contributed by atoms with Gasteiger partial charge in [0.05, 0.1) is 17.2 Å². The summed E-state index contributed by atoms with van der Waals surface area (Å²) in [5.74, 6) is -0.900. The van der Waals surface area contributed by atoms with Crippen LogP contribution in [0.3, 0.4) is 0 Å². The maximum atomic E-state index is 10.7. The Morgan fingerprint density at radius 2 is 2.44 bits per heavy atom. The van der Waals surface area contributed by atoms with Crippen LogP contribution in [0.2, 0.25) is 0 Å². The summed E-state index contributed by atoms with van der Waals surface area (Å²) in [5, 5.41) is 16.4. The van der Waals surface area contributed by atoms with Crippen molar-refractivity contribution in [2.75, 3.05) is 5.32 Å². The Labute approximate surface area is 116 Å². The Balaban J connectivity index is 2.00. The lowest BCUT2D eigenvalue weighted by Gasteiger charge is -2.06. The molecule has 96 valence electrons. The molecule has 0 saturated carbocycles. The van der Waals surface area contributed by atoms with E-state index in [9.17, 15) is 4.79 Å². The van der Waals surface area contributed by atoms with Gasteiger partial charge in [0, 0.05) is 17.3 Å². The molecule has 0 saturated heterocycles. The fourth-order valence-electron chi connectivity index (χ4n) is 1.28. The van der Waals surface area contributed by atoms with Crippen molar-refractivity contribution in [1.82, 2.24) is 14.8 Å². The van der Waals surface area contributed by atoms with Gasteiger partial charge in [-0.15, -0.1) is 11.3 Å². The predicted octanol–water partition coefficient (Wildman–Crippen LogP) is 2.04. The van der Waals surface area contributed by atoms with E-state index in [2.05, 4.69) is 31.3 Å². The molecule has 0 aromatic carbocycles. The number of rotatable bonds is 5. The average Bonchev–Trinajstić information content (AvgIpc) is 2.89. The molecule has 2 aromatic heterocycles. The molecular weight excluding hydrogens is 320 g/mol. The van der Waals surface area contributed by atoms with Crippen molar-refractivity contribution in [3.8, 4) is 0 Å². The summed E-state index contributed by atoms with van der Waals surface area (Å²) < 4.78 is 2.70. The molecule has 0 spiro atoms. The van der Waals surface area contributed by atoms with E-state index in [4.69, 9.17) is 5.11 Å². The first-order chi connectivity index (χ1) is 8.54. The number of thiazole rings is 1. The van der Waals surface area contributed by atoms with Crippen molar-refractivity contribution in [2.45, 2.75) is 19.5 Å². The standard InChI is InChI=1S/C10H11BrN4O2S/c1-6(9(16)17)14-10-12-3-8(18-10)5-15-4-7(11)2-13-15/h2-4,6H,5H2,1H3,(H,12,14)(H,16,17)/t6-/m1/s1. The Hall–Kier alpha value is -1.41. The first-order valence-corrected chi connectivity index (χ1v) is 6.77. The van der Waals surface area contributed by atoms with Gasteiger partial charge in [0.2, 0.25) is 0 Å². The van der Waals surface area contributed by atoms with Crippen LogP contribution >= 0.6 is 27.3 Å². The molecule has 2 rings (SSSR count). The van der Waals surface area contributed by atoms with E-state index in [1.165, 1.54) is 11.3 Å². The Bertz CT molecular complexity index is 554. The van der Waals surface area contributed by atoms with Gasteiger partial charge < -0.3 is 10.4 Å². The van der Waals surface area contributed by atoms with Crippen LogP contribution in [0.1, 0.15) is 11.8 Å². The number of nitrogens with one attached hydrogen (secondary N) is 1. The second-order valence-corrected chi connectivity index (χ2v) is 5.72. The molecule has 2 N–H and O–H groups in total. The normalized spacial score (nSPS) is 12.3. The van der Waals surface area contributed by atoms with Crippen molar-refractivity contribution in [3.63, 3.8) is 0 Å². The Morgan fingerprint density at radius 3 is 3.06 bits per heavy atom. The minimum Gasteiger partial charge on any atom is -0.480 e. The minimum absolute atomic E-state index is 0.603. The highest BCUT2D eigenvalue weighted by Crippen LogP contribution is 2.20. The monoisotopic (exact) mass is 330 g/mol. The number of hydrogen-bond acceptors (Lipinski definition) is 5. The van der Waals surface area contributed by atoms with E-state index >= 15 is 0 Å². The van der Waals surface area contributed by atoms with E-state index < -0.39 is 12.0 Å². The second-order valence-electron chi connectivity index (χ2n) is 3.69. The van der Waals surface area contributed by atoms with Gasteiger partial charge in [-0.05, 0) is 22.9 Å². The quantitative estimate of drug-likeness (QED) is 0.876. The third-order valence-electron chi connectivity index (χ3n) is 2.18. The number of carboxylic acid groups (broad SMARTS) is 1. The number of anilines is 1. The third-order valence-corrected chi connectivity index (χ3v) is 3.51. The van der Waals surface area contributed by atoms with Crippen LogP contribution in [0.5, 0.6) is 0 Å². The van der Waals surface area contributed by atoms with Gasteiger partial charge >= 0.3 is 5.97 Å². The minimum atomic E-state index is -0.900. The summed E-state index contributed by atoms with van der Waals surface area (Å²) in [7, 11) is 0. The fourth-order valence-corrected chi connectivity index (χ4v) is 2.50. The summed E-state index contributed by atoms with van der Waals surface area (Å²) in [6, 6.07) is -0.650. The van der Waals surface area contributed by atoms with Crippen LogP contribution in [-0.2, 0) is 11.3 Å². The molecule has 6 nitrogen and oxygen atoms in total. The topological polar surface area (TPSA) is 80.0 Å². The predicted molar refractivity (Wildman–Crippen MR) is 71.9 cm³/mol. The molecule has 0 bridgehead atoms. The lowest BCUT2D eigenvalue weighted by Crippen LogP contribution is -2.25. The van der Waals surface area contributed by atoms with Gasteiger partial charge in [0.15, 0.2) is 5.13 Å². The summed E-state index contributed by atoms with van der Waals surface area (Å²) in [4.78, 5) is 15.8. The maximum Gasteiger partial charge on any atom is 0.325 e. The molecule has 0 radical (unpaired) electrons. The molecule has 0 unspecified atom stereocenters. The fraction of sp³-hybridized carbons (Fsp3) is 0.300. The van der Waals surface area contributed by atoms with Crippen LogP contribution in [0, 0.1) is 0 Å². The van der Waals surface area contributed by atoms with Gasteiger partial charge in [-0.3, -0.25) is 9.48 Å². The van der Waals surface area contributed by atoms with Gasteiger partial charge in [-0.25, -0.2) is 4.98 Å². The molecule has 1 atom stereocenters. The number of halogens is 1. The zero-order chi connectivity index (χ0) is 13.1. The molecule has 0 aliphatic heterocycles. The zero-order valence-corrected chi connectivity index (χ0v) is 11.9. The summed E-state index contributed by atoms with van der Waals surface area (Å²) >= 11 is 4.75. The van der Waals surface area contributed by atoms with Gasteiger partial charge in [-0.2, -0.15) is 5.10 Å². The largest absolute Gasteiger partial charge is 0.480 e. The highest BCUT2D eigenvalue weighted by molar-refractivity contribution is 9.10. The van der Waals surface area contributed by atoms with Crippen LogP contribution < -0.4 is 5.32 Å². The van der Waals surface area contributed by atoms with Crippen molar-refractivity contribution in [2.24, 2.45) is 0 Å². The molecule has 0 fully saturated rings. The summed E-state index contributed by atoms with van der Waals surface area (Å²) in [6.45, 7) is 2.19. The van der Waals surface area contributed by atoms with E-state index in [1.54, 1.807) is 24.0 Å². The van der Waals surface area contributed by atoms with Gasteiger partial charge in [0.1, 0.15) is 6.04 Å². The Kier molecular flexibility index (Phi) is 3.97. The molecule has 0 aliphatic carbocycles. The van der Waals surface area contributed by atoms with Crippen molar-refractivity contribution < 1.29 is 9.90 Å². The lowest BCUT2D eigenvalue weighted by atomic mass is 10.4. The number of carbonyl (C=O) groups is 1. The number of hydrogen-bond donors (Lipinski definition) is 2. The molecular formula is C10H11BrN4O2S. The summed E-state index contributed by atoms with van der Waals surface area (Å²) in [6.07, 6.45) is 5.30. The molecule has 0 amide bonds. The van der Waals surface area contributed by atoms with E-state index in [0.717, 1.165) is 9.35 Å². The highest BCUT2D eigenvalue weighted by Gasteiger charge is 2.12. The van der Waals surface area contributed by atoms with E-state index in [-0.39, 0.29) is 0 Å². The van der Waals surface area contributed by atoms with Crippen LogP contribution in [0.25, 0.3) is 0 Å². The Morgan fingerprint density at radius 1 is 1.67 bits per heavy atom. The SMILES string of the molecule is C[C@@H](Nc1ncc(Cn2cc(Br)cn2)s1)C(=O)O. The average molecular weight is 331 g/mol. The third kappa shape index (κ3) is 3.30. The zero-order valence-electron chi connectivity index (χ0n) is 9.50. The highest BCUT2D eigenvalue weighted by atomic mass is 79.9. The van der Waals surface area contributed by atoms with Gasteiger partial charge in [0.25, 0.3) is 0 Å². The van der Waals surface area contributed by atoms with E-state index in [0.29, 0.717) is 11.7 Å². The van der Waals surface area contributed by atoms with Crippen molar-refractivity contribution in [3.05, 3.63) is 27.9 Å². The first-order valence-electron chi connectivity index (χ1n) is 5.16. The van der Waals surface area contributed by atoms with Crippen molar-refractivity contribution in [1.29, 1.82) is 0 Å². The lowest BCUT2D eigenvalue weighted by molar-refractivity contribution is -0.137. The second kappa shape index (κ2) is 5.49. The number of aliphatic carboxylic acids is 1. The number of nitrogens with zero attached hydrogens (tertiary/aromatic N) is 3. The molecule has 2 heterocycles. The molecule has 0 aliphatic rings.